The third-order valence-corrected chi connectivity index (χ3v) is 4.03. The average Bonchev–Trinajstić information content (AvgIpc) is 3.28. The Hall–Kier alpha value is -3.55. The van der Waals surface area contributed by atoms with Gasteiger partial charge >= 0.3 is 5.97 Å². The molecule has 0 saturated carbocycles. The first-order valence-electron chi connectivity index (χ1n) is 8.17. The summed E-state index contributed by atoms with van der Waals surface area (Å²) in [5.41, 5.74) is 1.91. The molecular formula is C19H19N3O5. The number of methoxy groups -OCH3 is 1. The fraction of sp³-hybridized carbons (Fsp3) is 0.211. The largest absolute Gasteiger partial charge is 0.486 e. The number of aromatic nitrogens is 2. The predicted octanol–water partition coefficient (Wildman–Crippen LogP) is 2.94. The lowest BCUT2D eigenvalue weighted by molar-refractivity contribution is 0.0600. The topological polar surface area (TPSA) is 95.6 Å². The van der Waals surface area contributed by atoms with Gasteiger partial charge in [0, 0.05) is 7.05 Å². The lowest BCUT2D eigenvalue weighted by Crippen LogP contribution is -2.11. The predicted molar refractivity (Wildman–Crippen MR) is 96.7 cm³/mol. The van der Waals surface area contributed by atoms with Crippen molar-refractivity contribution >= 4 is 17.6 Å². The van der Waals surface area contributed by atoms with Gasteiger partial charge in [-0.1, -0.05) is 0 Å². The number of hydrogen-bond acceptors (Lipinski definition) is 6. The number of anilines is 1. The summed E-state index contributed by atoms with van der Waals surface area (Å²) in [6.45, 7) is 2.01. The Morgan fingerprint density at radius 1 is 1.19 bits per heavy atom. The summed E-state index contributed by atoms with van der Waals surface area (Å²) in [5.74, 6) is 0.473. The summed E-state index contributed by atoms with van der Waals surface area (Å²) in [5, 5.41) is 6.83. The minimum absolute atomic E-state index is 0.150. The highest BCUT2D eigenvalue weighted by Gasteiger charge is 2.14. The van der Waals surface area contributed by atoms with E-state index in [1.807, 2.05) is 6.92 Å². The van der Waals surface area contributed by atoms with E-state index in [-0.39, 0.29) is 18.3 Å². The standard InChI is InChI=1S/C19H19N3O5/c1-12-16(10-20-22(12)2)21-18(23)17-9-8-15(27-17)11-26-14-6-4-13(5-7-14)19(24)25-3/h4-10H,11H2,1-3H3,(H,21,23). The number of hydrogen-bond donors (Lipinski definition) is 1. The average molecular weight is 369 g/mol. The number of carbonyl (C=O) groups is 2. The molecule has 1 N–H and O–H groups in total. The van der Waals surface area contributed by atoms with Gasteiger partial charge in [-0.25, -0.2) is 4.79 Å². The van der Waals surface area contributed by atoms with E-state index in [0.717, 1.165) is 5.69 Å². The monoisotopic (exact) mass is 369 g/mol. The molecule has 0 bridgehead atoms. The SMILES string of the molecule is COC(=O)c1ccc(OCc2ccc(C(=O)Nc3cnn(C)c3C)o2)cc1. The van der Waals surface area contributed by atoms with Gasteiger partial charge in [-0.05, 0) is 43.3 Å². The first-order valence-corrected chi connectivity index (χ1v) is 8.17. The lowest BCUT2D eigenvalue weighted by Gasteiger charge is -2.05. The van der Waals surface area contributed by atoms with Crippen LogP contribution in [-0.4, -0.2) is 28.8 Å². The van der Waals surface area contributed by atoms with Crippen molar-refractivity contribution in [3.8, 4) is 5.75 Å². The summed E-state index contributed by atoms with van der Waals surface area (Å²) >= 11 is 0. The Morgan fingerprint density at radius 3 is 2.56 bits per heavy atom. The Kier molecular flexibility index (Phi) is 5.25. The maximum Gasteiger partial charge on any atom is 0.337 e. The van der Waals surface area contributed by atoms with Crippen molar-refractivity contribution in [3.63, 3.8) is 0 Å². The fourth-order valence-electron chi connectivity index (χ4n) is 2.34. The molecule has 0 atom stereocenters. The summed E-state index contributed by atoms with van der Waals surface area (Å²) < 4.78 is 17.4. The summed E-state index contributed by atoms with van der Waals surface area (Å²) in [6.07, 6.45) is 1.58. The van der Waals surface area contributed by atoms with Gasteiger partial charge < -0.3 is 19.2 Å². The number of esters is 1. The molecule has 0 unspecified atom stereocenters. The molecule has 3 aromatic rings. The zero-order chi connectivity index (χ0) is 19.4. The molecule has 140 valence electrons. The number of rotatable bonds is 6. The second-order valence-electron chi connectivity index (χ2n) is 5.79. The normalized spacial score (nSPS) is 10.5. The molecule has 0 aliphatic heterocycles. The van der Waals surface area contributed by atoms with E-state index >= 15 is 0 Å². The molecule has 0 saturated heterocycles. The lowest BCUT2D eigenvalue weighted by atomic mass is 10.2. The van der Waals surface area contributed by atoms with Crippen LogP contribution in [0.25, 0.3) is 0 Å². The molecule has 2 aromatic heterocycles. The smallest absolute Gasteiger partial charge is 0.337 e. The number of aryl methyl sites for hydroxylation is 1. The second kappa shape index (κ2) is 7.77. The Labute approximate surface area is 155 Å². The van der Waals surface area contributed by atoms with Gasteiger partial charge in [-0.3, -0.25) is 9.48 Å². The molecule has 0 spiro atoms. The molecule has 0 aliphatic rings. The fourth-order valence-corrected chi connectivity index (χ4v) is 2.34. The first-order chi connectivity index (χ1) is 13.0. The van der Waals surface area contributed by atoms with Crippen molar-refractivity contribution in [2.45, 2.75) is 13.5 Å². The second-order valence-corrected chi connectivity index (χ2v) is 5.79. The Bertz CT molecular complexity index is 956. The van der Waals surface area contributed by atoms with Gasteiger partial charge in [0.2, 0.25) is 0 Å². The van der Waals surface area contributed by atoms with E-state index in [4.69, 9.17) is 9.15 Å². The highest BCUT2D eigenvalue weighted by molar-refractivity contribution is 6.02. The van der Waals surface area contributed by atoms with Crippen molar-refractivity contribution in [2.75, 3.05) is 12.4 Å². The van der Waals surface area contributed by atoms with Crippen LogP contribution >= 0.6 is 0 Å². The molecule has 2 heterocycles. The highest BCUT2D eigenvalue weighted by Crippen LogP contribution is 2.18. The van der Waals surface area contributed by atoms with Crippen molar-refractivity contribution in [3.05, 3.63) is 65.4 Å². The van der Waals surface area contributed by atoms with Gasteiger partial charge in [0.05, 0.1) is 30.3 Å². The van der Waals surface area contributed by atoms with Gasteiger partial charge in [0.1, 0.15) is 18.1 Å². The third-order valence-electron chi connectivity index (χ3n) is 4.03. The number of amides is 1. The quantitative estimate of drug-likeness (QED) is 0.671. The molecule has 0 fully saturated rings. The van der Waals surface area contributed by atoms with Crippen LogP contribution in [0, 0.1) is 6.92 Å². The molecule has 1 aromatic carbocycles. The van der Waals surface area contributed by atoms with E-state index < -0.39 is 5.97 Å². The number of carbonyl (C=O) groups excluding carboxylic acids is 2. The molecule has 8 nitrogen and oxygen atoms in total. The van der Waals surface area contributed by atoms with E-state index in [2.05, 4.69) is 15.2 Å². The minimum atomic E-state index is -0.410. The molecule has 0 aliphatic carbocycles. The Balaban J connectivity index is 1.58. The molecular weight excluding hydrogens is 350 g/mol. The number of nitrogens with zero attached hydrogens (tertiary/aromatic N) is 2. The highest BCUT2D eigenvalue weighted by atomic mass is 16.5. The van der Waals surface area contributed by atoms with E-state index in [9.17, 15) is 9.59 Å². The molecule has 1 amide bonds. The first kappa shape index (κ1) is 18.2. The van der Waals surface area contributed by atoms with Crippen LogP contribution in [0.1, 0.15) is 32.4 Å². The van der Waals surface area contributed by atoms with Crippen molar-refractivity contribution < 1.29 is 23.5 Å². The number of furan rings is 1. The van der Waals surface area contributed by atoms with Gasteiger partial charge in [0.15, 0.2) is 5.76 Å². The molecule has 8 heteroatoms. The number of nitrogens with one attached hydrogen (secondary N) is 1. The maximum atomic E-state index is 12.3. The van der Waals surface area contributed by atoms with Gasteiger partial charge in [0.25, 0.3) is 5.91 Å². The van der Waals surface area contributed by atoms with Crippen molar-refractivity contribution in [1.82, 2.24) is 9.78 Å². The van der Waals surface area contributed by atoms with Crippen LogP contribution in [0.2, 0.25) is 0 Å². The molecule has 27 heavy (non-hydrogen) atoms. The number of ether oxygens (including phenoxy) is 2. The maximum absolute atomic E-state index is 12.3. The number of benzene rings is 1. The van der Waals surface area contributed by atoms with Crippen LogP contribution in [0.15, 0.2) is 47.0 Å². The van der Waals surface area contributed by atoms with E-state index in [0.29, 0.717) is 22.8 Å². The Morgan fingerprint density at radius 2 is 1.93 bits per heavy atom. The van der Waals surface area contributed by atoms with Crippen LogP contribution in [-0.2, 0) is 18.4 Å². The molecule has 0 radical (unpaired) electrons. The zero-order valence-electron chi connectivity index (χ0n) is 15.2. The van der Waals surface area contributed by atoms with Crippen molar-refractivity contribution in [1.29, 1.82) is 0 Å². The van der Waals surface area contributed by atoms with E-state index in [1.165, 1.54) is 7.11 Å². The molecule has 3 rings (SSSR count). The third kappa shape index (κ3) is 4.17. The van der Waals surface area contributed by atoms with Gasteiger partial charge in [-0.2, -0.15) is 5.10 Å². The summed E-state index contributed by atoms with van der Waals surface area (Å²) in [4.78, 5) is 23.7. The zero-order valence-corrected chi connectivity index (χ0v) is 15.2. The van der Waals surface area contributed by atoms with Crippen LogP contribution in [0.3, 0.4) is 0 Å². The van der Waals surface area contributed by atoms with Gasteiger partial charge in [-0.15, -0.1) is 0 Å². The minimum Gasteiger partial charge on any atom is -0.486 e. The summed E-state index contributed by atoms with van der Waals surface area (Å²) in [7, 11) is 3.12. The van der Waals surface area contributed by atoms with Crippen LogP contribution < -0.4 is 10.1 Å². The van der Waals surface area contributed by atoms with Crippen LogP contribution in [0.4, 0.5) is 5.69 Å². The van der Waals surface area contributed by atoms with Crippen LogP contribution in [0.5, 0.6) is 5.75 Å². The van der Waals surface area contributed by atoms with Crippen molar-refractivity contribution in [2.24, 2.45) is 7.05 Å². The van der Waals surface area contributed by atoms with E-state index in [1.54, 1.807) is 54.3 Å². The summed E-state index contributed by atoms with van der Waals surface area (Å²) in [6, 6.07) is 9.80.